The summed E-state index contributed by atoms with van der Waals surface area (Å²) >= 11 is 1.66. The number of methoxy groups -OCH3 is 1. The summed E-state index contributed by atoms with van der Waals surface area (Å²) in [6, 6.07) is 9.32. The molecule has 1 aromatic carbocycles. The molecule has 5 nitrogen and oxygen atoms in total. The predicted molar refractivity (Wildman–Crippen MR) is 110 cm³/mol. The van der Waals surface area contributed by atoms with Crippen molar-refractivity contribution in [2.75, 3.05) is 33.3 Å². The van der Waals surface area contributed by atoms with E-state index >= 15 is 0 Å². The molecule has 1 aliphatic heterocycles. The van der Waals surface area contributed by atoms with E-state index in [0.717, 1.165) is 17.7 Å². The highest BCUT2D eigenvalue weighted by molar-refractivity contribution is 7.14. The zero-order valence-electron chi connectivity index (χ0n) is 16.4. The van der Waals surface area contributed by atoms with Gasteiger partial charge in [0, 0.05) is 36.6 Å². The molecular formula is C22H26N2O3S. The van der Waals surface area contributed by atoms with Crippen LogP contribution in [0.5, 0.6) is 5.75 Å². The summed E-state index contributed by atoms with van der Waals surface area (Å²) in [7, 11) is 1.59. The Kier molecular flexibility index (Phi) is 5.40. The van der Waals surface area contributed by atoms with Gasteiger partial charge in [0.2, 0.25) is 0 Å². The molecule has 148 valence electrons. The molecule has 6 heteroatoms. The molecule has 1 aliphatic carbocycles. The van der Waals surface area contributed by atoms with Crippen molar-refractivity contribution in [1.82, 2.24) is 9.80 Å². The van der Waals surface area contributed by atoms with Crippen LogP contribution in [0.15, 0.2) is 30.3 Å². The SMILES string of the molecule is COc1cccc(C(=O)N2CCN(C(=O)c3cc4c(s3)CCC(C)C4)CC2)c1. The molecule has 0 radical (unpaired) electrons. The molecule has 1 saturated heterocycles. The number of ether oxygens (including phenoxy) is 1. The van der Waals surface area contributed by atoms with E-state index in [4.69, 9.17) is 4.74 Å². The van der Waals surface area contributed by atoms with Crippen molar-refractivity contribution in [1.29, 1.82) is 0 Å². The molecule has 0 bridgehead atoms. The van der Waals surface area contributed by atoms with Crippen molar-refractivity contribution in [3.8, 4) is 5.75 Å². The Balaban J connectivity index is 1.38. The van der Waals surface area contributed by atoms with Crippen LogP contribution < -0.4 is 4.74 Å². The van der Waals surface area contributed by atoms with Crippen LogP contribution in [0.4, 0.5) is 0 Å². The monoisotopic (exact) mass is 398 g/mol. The van der Waals surface area contributed by atoms with E-state index in [9.17, 15) is 9.59 Å². The minimum Gasteiger partial charge on any atom is -0.497 e. The maximum atomic E-state index is 12.9. The zero-order valence-corrected chi connectivity index (χ0v) is 17.3. The first-order chi connectivity index (χ1) is 13.5. The van der Waals surface area contributed by atoms with E-state index < -0.39 is 0 Å². The normalized spacial score (nSPS) is 19.3. The summed E-state index contributed by atoms with van der Waals surface area (Å²) in [6.45, 7) is 4.55. The van der Waals surface area contributed by atoms with Gasteiger partial charge in [-0.2, -0.15) is 0 Å². The highest BCUT2D eigenvalue weighted by Crippen LogP contribution is 2.33. The van der Waals surface area contributed by atoms with Crippen molar-refractivity contribution < 1.29 is 14.3 Å². The van der Waals surface area contributed by atoms with Gasteiger partial charge in [-0.25, -0.2) is 0 Å². The predicted octanol–water partition coefficient (Wildman–Crippen LogP) is 3.48. The van der Waals surface area contributed by atoms with Gasteiger partial charge in [-0.1, -0.05) is 13.0 Å². The van der Waals surface area contributed by atoms with Gasteiger partial charge in [0.1, 0.15) is 5.75 Å². The van der Waals surface area contributed by atoms with Crippen LogP contribution in [0.25, 0.3) is 0 Å². The van der Waals surface area contributed by atoms with Crippen molar-refractivity contribution in [3.05, 3.63) is 51.2 Å². The molecule has 4 rings (SSSR count). The van der Waals surface area contributed by atoms with Crippen LogP contribution in [0.3, 0.4) is 0 Å². The second-order valence-corrected chi connectivity index (χ2v) is 8.86. The Morgan fingerprint density at radius 3 is 2.50 bits per heavy atom. The Morgan fingerprint density at radius 2 is 1.79 bits per heavy atom. The summed E-state index contributed by atoms with van der Waals surface area (Å²) in [4.78, 5) is 31.6. The number of hydrogen-bond acceptors (Lipinski definition) is 4. The number of amides is 2. The average molecular weight is 399 g/mol. The number of hydrogen-bond donors (Lipinski definition) is 0. The molecule has 0 N–H and O–H groups in total. The van der Waals surface area contributed by atoms with E-state index in [-0.39, 0.29) is 11.8 Å². The Bertz CT molecular complexity index is 884. The quantitative estimate of drug-likeness (QED) is 0.795. The molecule has 2 aromatic rings. The van der Waals surface area contributed by atoms with E-state index in [1.54, 1.807) is 30.6 Å². The van der Waals surface area contributed by atoms with Gasteiger partial charge in [-0.15, -0.1) is 11.3 Å². The van der Waals surface area contributed by atoms with Crippen molar-refractivity contribution >= 4 is 23.2 Å². The average Bonchev–Trinajstić information content (AvgIpc) is 3.16. The maximum Gasteiger partial charge on any atom is 0.264 e. The summed E-state index contributed by atoms with van der Waals surface area (Å²) < 4.78 is 5.21. The van der Waals surface area contributed by atoms with E-state index in [1.807, 2.05) is 21.9 Å². The van der Waals surface area contributed by atoms with Gasteiger partial charge in [0.15, 0.2) is 0 Å². The number of carbonyl (C=O) groups is 2. The van der Waals surface area contributed by atoms with Gasteiger partial charge in [0.05, 0.1) is 12.0 Å². The van der Waals surface area contributed by atoms with Crippen LogP contribution in [-0.2, 0) is 12.8 Å². The summed E-state index contributed by atoms with van der Waals surface area (Å²) in [5.74, 6) is 1.49. The number of thiophene rings is 1. The molecule has 2 heterocycles. The first-order valence-electron chi connectivity index (χ1n) is 9.89. The number of piperazine rings is 1. The van der Waals surface area contributed by atoms with E-state index in [2.05, 4.69) is 13.0 Å². The lowest BCUT2D eigenvalue weighted by molar-refractivity contribution is 0.0538. The number of benzene rings is 1. The van der Waals surface area contributed by atoms with Gasteiger partial charge >= 0.3 is 0 Å². The van der Waals surface area contributed by atoms with Crippen LogP contribution in [0.1, 0.15) is 43.8 Å². The van der Waals surface area contributed by atoms with Gasteiger partial charge in [0.25, 0.3) is 11.8 Å². The molecule has 0 saturated carbocycles. The number of fused-ring (bicyclic) bond motifs is 1. The molecule has 1 atom stereocenters. The minimum atomic E-state index is -0.00780. The lowest BCUT2D eigenvalue weighted by atomic mass is 9.90. The molecule has 2 aliphatic rings. The number of carbonyl (C=O) groups excluding carboxylic acids is 2. The number of aryl methyl sites for hydroxylation is 1. The van der Waals surface area contributed by atoms with Crippen LogP contribution >= 0.6 is 11.3 Å². The van der Waals surface area contributed by atoms with Crippen molar-refractivity contribution in [3.63, 3.8) is 0 Å². The third-order valence-electron chi connectivity index (χ3n) is 5.71. The molecule has 0 spiro atoms. The lowest BCUT2D eigenvalue weighted by Crippen LogP contribution is -2.50. The Labute approximate surface area is 169 Å². The number of rotatable bonds is 3. The third kappa shape index (κ3) is 3.78. The number of nitrogens with zero attached hydrogens (tertiary/aromatic N) is 2. The molecule has 1 unspecified atom stereocenters. The van der Waals surface area contributed by atoms with E-state index in [1.165, 1.54) is 16.9 Å². The molecule has 1 aromatic heterocycles. The van der Waals surface area contributed by atoms with E-state index in [0.29, 0.717) is 43.4 Å². The molecule has 2 amide bonds. The fourth-order valence-electron chi connectivity index (χ4n) is 4.02. The largest absolute Gasteiger partial charge is 0.497 e. The van der Waals surface area contributed by atoms with Gasteiger partial charge in [-0.05, 0) is 55.0 Å². The Hall–Kier alpha value is -2.34. The highest BCUT2D eigenvalue weighted by atomic mass is 32.1. The van der Waals surface area contributed by atoms with Crippen LogP contribution in [-0.4, -0.2) is 54.9 Å². The van der Waals surface area contributed by atoms with Crippen molar-refractivity contribution in [2.24, 2.45) is 5.92 Å². The van der Waals surface area contributed by atoms with Gasteiger partial charge < -0.3 is 14.5 Å². The summed E-state index contributed by atoms with van der Waals surface area (Å²) in [5.41, 5.74) is 1.98. The zero-order chi connectivity index (χ0) is 19.7. The standard InChI is InChI=1S/C22H26N2O3S/c1-15-6-7-19-17(12-15)14-20(28-19)22(26)24-10-8-23(9-11-24)21(25)16-4-3-5-18(13-16)27-2/h3-5,13-15H,6-12H2,1-2H3. The fourth-order valence-corrected chi connectivity index (χ4v) is 5.19. The first kappa shape index (κ1) is 19.0. The fraction of sp³-hybridized carbons (Fsp3) is 0.455. The van der Waals surface area contributed by atoms with Crippen molar-refractivity contribution in [2.45, 2.75) is 26.2 Å². The molecular weight excluding hydrogens is 372 g/mol. The summed E-state index contributed by atoms with van der Waals surface area (Å²) in [6.07, 6.45) is 3.39. The van der Waals surface area contributed by atoms with Crippen LogP contribution in [0.2, 0.25) is 0 Å². The third-order valence-corrected chi connectivity index (χ3v) is 6.94. The highest BCUT2D eigenvalue weighted by Gasteiger charge is 2.28. The van der Waals surface area contributed by atoms with Crippen LogP contribution in [0, 0.1) is 5.92 Å². The first-order valence-corrected chi connectivity index (χ1v) is 10.7. The Morgan fingerprint density at radius 1 is 1.07 bits per heavy atom. The molecule has 1 fully saturated rings. The summed E-state index contributed by atoms with van der Waals surface area (Å²) in [5, 5.41) is 0. The minimum absolute atomic E-state index is 0.00780. The topological polar surface area (TPSA) is 49.9 Å². The second-order valence-electron chi connectivity index (χ2n) is 7.72. The van der Waals surface area contributed by atoms with Gasteiger partial charge in [-0.3, -0.25) is 9.59 Å². The second kappa shape index (κ2) is 7.95. The smallest absolute Gasteiger partial charge is 0.264 e. The lowest BCUT2D eigenvalue weighted by Gasteiger charge is -2.34. The maximum absolute atomic E-state index is 12.9. The molecule has 28 heavy (non-hydrogen) atoms.